The first-order valence-corrected chi connectivity index (χ1v) is 6.15. The molecule has 1 unspecified atom stereocenters. The Morgan fingerprint density at radius 1 is 1.50 bits per heavy atom. The van der Waals surface area contributed by atoms with Crippen molar-refractivity contribution in [2.45, 2.75) is 25.3 Å². The van der Waals surface area contributed by atoms with Crippen molar-refractivity contribution in [2.24, 2.45) is 0 Å². The number of halogens is 2. The number of methoxy groups -OCH3 is 1. The van der Waals surface area contributed by atoms with Crippen LogP contribution in [0.2, 0.25) is 0 Å². The Bertz CT molecular complexity index is 402. The number of rotatable bonds is 2. The summed E-state index contributed by atoms with van der Waals surface area (Å²) in [5.74, 6) is 0.287. The molecule has 0 amide bonds. The maximum absolute atomic E-state index is 13.5. The van der Waals surface area contributed by atoms with Crippen LogP contribution >= 0.6 is 15.9 Å². The van der Waals surface area contributed by atoms with Gasteiger partial charge in [0.2, 0.25) is 0 Å². The summed E-state index contributed by atoms with van der Waals surface area (Å²) in [6.07, 6.45) is 2.12. The second-order valence-electron chi connectivity index (χ2n) is 4.33. The first-order valence-electron chi connectivity index (χ1n) is 5.35. The van der Waals surface area contributed by atoms with Gasteiger partial charge in [0.1, 0.15) is 11.6 Å². The van der Waals surface area contributed by atoms with Gasteiger partial charge in [-0.2, -0.15) is 0 Å². The summed E-state index contributed by atoms with van der Waals surface area (Å²) in [5.41, 5.74) is 0.774. The number of ether oxygens (including phenoxy) is 1. The van der Waals surface area contributed by atoms with E-state index in [2.05, 4.69) is 28.2 Å². The molecule has 0 aromatic heterocycles. The van der Waals surface area contributed by atoms with Crippen molar-refractivity contribution in [3.05, 3.63) is 28.0 Å². The van der Waals surface area contributed by atoms with Gasteiger partial charge in [-0.15, -0.1) is 0 Å². The highest BCUT2D eigenvalue weighted by atomic mass is 79.9. The van der Waals surface area contributed by atoms with Gasteiger partial charge in [0, 0.05) is 11.6 Å². The quantitative estimate of drug-likeness (QED) is 0.902. The molecule has 1 atom stereocenters. The van der Waals surface area contributed by atoms with E-state index in [1.807, 2.05) is 0 Å². The highest BCUT2D eigenvalue weighted by molar-refractivity contribution is 9.10. The monoisotopic (exact) mass is 287 g/mol. The van der Waals surface area contributed by atoms with Crippen LogP contribution in [0.25, 0.3) is 0 Å². The third kappa shape index (κ3) is 1.96. The summed E-state index contributed by atoms with van der Waals surface area (Å²) < 4.78 is 19.5. The van der Waals surface area contributed by atoms with Crippen LogP contribution < -0.4 is 10.1 Å². The molecule has 16 heavy (non-hydrogen) atoms. The molecule has 1 aliphatic heterocycles. The van der Waals surface area contributed by atoms with Crippen molar-refractivity contribution >= 4 is 15.9 Å². The van der Waals surface area contributed by atoms with E-state index in [4.69, 9.17) is 4.74 Å². The van der Waals surface area contributed by atoms with Crippen LogP contribution in [-0.2, 0) is 5.54 Å². The van der Waals surface area contributed by atoms with Crippen molar-refractivity contribution in [1.29, 1.82) is 0 Å². The smallest absolute Gasteiger partial charge is 0.136 e. The maximum atomic E-state index is 13.5. The summed E-state index contributed by atoms with van der Waals surface area (Å²) in [5, 5.41) is 3.42. The molecule has 0 aliphatic carbocycles. The van der Waals surface area contributed by atoms with Gasteiger partial charge < -0.3 is 10.1 Å². The molecule has 1 aromatic rings. The number of hydrogen-bond acceptors (Lipinski definition) is 2. The fourth-order valence-electron chi connectivity index (χ4n) is 2.24. The van der Waals surface area contributed by atoms with E-state index in [0.29, 0.717) is 5.75 Å². The second-order valence-corrected chi connectivity index (χ2v) is 5.13. The Morgan fingerprint density at radius 2 is 2.25 bits per heavy atom. The molecule has 1 aromatic carbocycles. The summed E-state index contributed by atoms with van der Waals surface area (Å²) in [4.78, 5) is 0. The van der Waals surface area contributed by atoms with Crippen LogP contribution in [0.1, 0.15) is 25.3 Å². The van der Waals surface area contributed by atoms with Crippen LogP contribution in [0.4, 0.5) is 4.39 Å². The van der Waals surface area contributed by atoms with Crippen molar-refractivity contribution in [3.8, 4) is 5.75 Å². The zero-order chi connectivity index (χ0) is 11.8. The molecule has 1 N–H and O–H groups in total. The third-order valence-electron chi connectivity index (χ3n) is 3.19. The molecule has 1 saturated heterocycles. The first-order chi connectivity index (χ1) is 7.57. The molecular weight excluding hydrogens is 273 g/mol. The first kappa shape index (κ1) is 11.9. The molecule has 0 saturated carbocycles. The van der Waals surface area contributed by atoms with Gasteiger partial charge in [-0.3, -0.25) is 0 Å². The molecule has 4 heteroatoms. The Kier molecular flexibility index (Phi) is 3.22. The molecule has 2 rings (SSSR count). The Balaban J connectivity index is 2.51. The zero-order valence-corrected chi connectivity index (χ0v) is 11.0. The van der Waals surface area contributed by atoms with Crippen LogP contribution in [0.3, 0.4) is 0 Å². The minimum absolute atomic E-state index is 0.159. The van der Waals surface area contributed by atoms with E-state index in [1.54, 1.807) is 13.2 Å². The van der Waals surface area contributed by atoms with Gasteiger partial charge in [0.25, 0.3) is 0 Å². The molecule has 1 fully saturated rings. The Hall–Kier alpha value is -0.610. The highest BCUT2D eigenvalue weighted by Crippen LogP contribution is 2.39. The van der Waals surface area contributed by atoms with Crippen molar-refractivity contribution in [2.75, 3.05) is 13.7 Å². The SMILES string of the molecule is COc1cc(F)cc(C2(C)CCCN2)c1Br. The molecule has 0 bridgehead atoms. The topological polar surface area (TPSA) is 21.3 Å². The van der Waals surface area contributed by atoms with Gasteiger partial charge in [-0.1, -0.05) is 0 Å². The highest BCUT2D eigenvalue weighted by Gasteiger charge is 2.33. The van der Waals surface area contributed by atoms with Crippen LogP contribution in [0, 0.1) is 5.82 Å². The lowest BCUT2D eigenvalue weighted by Gasteiger charge is -2.27. The average Bonchev–Trinajstić information content (AvgIpc) is 2.69. The fraction of sp³-hybridized carbons (Fsp3) is 0.500. The van der Waals surface area contributed by atoms with Crippen molar-refractivity contribution in [3.63, 3.8) is 0 Å². The summed E-state index contributed by atoms with van der Waals surface area (Å²) >= 11 is 3.49. The molecular formula is C12H15BrFNO. The van der Waals surface area contributed by atoms with E-state index >= 15 is 0 Å². The Morgan fingerprint density at radius 3 is 2.81 bits per heavy atom. The predicted molar refractivity (Wildman–Crippen MR) is 65.2 cm³/mol. The van der Waals surface area contributed by atoms with E-state index in [1.165, 1.54) is 6.07 Å². The lowest BCUT2D eigenvalue weighted by atomic mass is 9.90. The minimum Gasteiger partial charge on any atom is -0.495 e. The average molecular weight is 288 g/mol. The normalized spacial score (nSPS) is 24.8. The van der Waals surface area contributed by atoms with Crippen LogP contribution in [0.15, 0.2) is 16.6 Å². The molecule has 88 valence electrons. The Labute approximate surface area is 103 Å². The molecule has 2 nitrogen and oxygen atoms in total. The van der Waals surface area contributed by atoms with Gasteiger partial charge in [0.05, 0.1) is 11.6 Å². The fourth-order valence-corrected chi connectivity index (χ4v) is 3.07. The van der Waals surface area contributed by atoms with Crippen molar-refractivity contribution in [1.82, 2.24) is 5.32 Å². The van der Waals surface area contributed by atoms with Gasteiger partial charge in [-0.05, 0) is 53.9 Å². The standard InChI is InChI=1S/C12H15BrFNO/c1-12(4-3-5-15-12)9-6-8(14)7-10(16-2)11(9)13/h6-7,15H,3-5H2,1-2H3. The number of hydrogen-bond donors (Lipinski definition) is 1. The van der Waals surface area contributed by atoms with E-state index in [-0.39, 0.29) is 11.4 Å². The van der Waals surface area contributed by atoms with E-state index in [9.17, 15) is 4.39 Å². The van der Waals surface area contributed by atoms with E-state index in [0.717, 1.165) is 29.4 Å². The van der Waals surface area contributed by atoms with Gasteiger partial charge in [-0.25, -0.2) is 4.39 Å². The number of nitrogens with one attached hydrogen (secondary N) is 1. The molecule has 0 radical (unpaired) electrons. The maximum Gasteiger partial charge on any atom is 0.136 e. The predicted octanol–water partition coefficient (Wildman–Crippen LogP) is 3.20. The number of benzene rings is 1. The van der Waals surface area contributed by atoms with Gasteiger partial charge >= 0.3 is 0 Å². The molecule has 1 heterocycles. The summed E-state index contributed by atoms with van der Waals surface area (Å²) in [7, 11) is 1.55. The minimum atomic E-state index is -0.259. The van der Waals surface area contributed by atoms with E-state index < -0.39 is 0 Å². The molecule has 0 spiro atoms. The zero-order valence-electron chi connectivity index (χ0n) is 9.44. The van der Waals surface area contributed by atoms with Crippen molar-refractivity contribution < 1.29 is 9.13 Å². The summed E-state index contributed by atoms with van der Waals surface area (Å²) in [6.45, 7) is 3.07. The lowest BCUT2D eigenvalue weighted by molar-refractivity contribution is 0.394. The largest absolute Gasteiger partial charge is 0.495 e. The third-order valence-corrected chi connectivity index (χ3v) is 4.01. The van der Waals surface area contributed by atoms with Crippen LogP contribution in [0.5, 0.6) is 5.75 Å². The summed E-state index contributed by atoms with van der Waals surface area (Å²) in [6, 6.07) is 2.97. The van der Waals surface area contributed by atoms with Gasteiger partial charge in [0.15, 0.2) is 0 Å². The van der Waals surface area contributed by atoms with Crippen LogP contribution in [-0.4, -0.2) is 13.7 Å². The second kappa shape index (κ2) is 4.34. The molecule has 1 aliphatic rings. The lowest BCUT2D eigenvalue weighted by Crippen LogP contribution is -2.33.